The van der Waals surface area contributed by atoms with Crippen molar-refractivity contribution in [2.24, 2.45) is 0 Å². The highest BCUT2D eigenvalue weighted by atomic mass is 35.5. The Morgan fingerprint density at radius 2 is 1.80 bits per heavy atom. The van der Waals surface area contributed by atoms with E-state index in [0.29, 0.717) is 0 Å². The first kappa shape index (κ1) is 12.4. The number of hydrogen-bond donors (Lipinski definition) is 1. The van der Waals surface area contributed by atoms with Crippen LogP contribution in [0.2, 0.25) is 0 Å². The van der Waals surface area contributed by atoms with Gasteiger partial charge in [-0.25, -0.2) is 12.8 Å². The molecule has 0 heterocycles. The van der Waals surface area contributed by atoms with Crippen molar-refractivity contribution in [1.29, 1.82) is 0 Å². The van der Waals surface area contributed by atoms with Gasteiger partial charge >= 0.3 is 0 Å². The minimum atomic E-state index is -3.54. The van der Waals surface area contributed by atoms with Crippen molar-refractivity contribution < 1.29 is 17.9 Å². The molecule has 0 saturated carbocycles. The predicted molar refractivity (Wildman–Crippen MR) is 55.8 cm³/mol. The van der Waals surface area contributed by atoms with E-state index in [9.17, 15) is 17.9 Å². The molecule has 0 unspecified atom stereocenters. The number of aliphatic hydroxyl groups excluding tert-OH is 1. The molecule has 0 aliphatic carbocycles. The van der Waals surface area contributed by atoms with Crippen LogP contribution in [-0.4, -0.2) is 24.5 Å². The zero-order chi connectivity index (χ0) is 11.6. The van der Waals surface area contributed by atoms with Gasteiger partial charge in [-0.05, 0) is 17.7 Å². The summed E-state index contributed by atoms with van der Waals surface area (Å²) < 4.78 is 33.2. The predicted octanol–water partition coefficient (Wildman–Crippen LogP) is 1.47. The van der Waals surface area contributed by atoms with Gasteiger partial charge in [-0.15, -0.1) is 11.6 Å². The Balaban J connectivity index is 2.95. The van der Waals surface area contributed by atoms with Crippen LogP contribution < -0.4 is 0 Å². The molecule has 2 atom stereocenters. The molecule has 1 N–H and O–H groups in total. The molecule has 1 aromatic carbocycles. The molecule has 84 valence electrons. The van der Waals surface area contributed by atoms with Crippen molar-refractivity contribution in [2.45, 2.75) is 10.8 Å². The van der Waals surface area contributed by atoms with Crippen LogP contribution >= 0.6 is 11.6 Å². The summed E-state index contributed by atoms with van der Waals surface area (Å²) in [6.07, 6.45) is -0.431. The third-order valence-corrected chi connectivity index (χ3v) is 4.15. The van der Waals surface area contributed by atoms with Crippen molar-refractivity contribution in [2.75, 3.05) is 6.26 Å². The fraction of sp³-hybridized carbons (Fsp3) is 0.333. The lowest BCUT2D eigenvalue weighted by Gasteiger charge is -2.15. The molecule has 0 radical (unpaired) electrons. The van der Waals surface area contributed by atoms with Gasteiger partial charge < -0.3 is 5.11 Å². The lowest BCUT2D eigenvalue weighted by molar-refractivity contribution is 0.192. The normalized spacial score (nSPS) is 16.0. The monoisotopic (exact) mass is 252 g/mol. The maximum absolute atomic E-state index is 12.6. The van der Waals surface area contributed by atoms with Gasteiger partial charge in [0.05, 0.1) is 0 Å². The summed E-state index contributed by atoms with van der Waals surface area (Å²) in [7, 11) is -3.54. The summed E-state index contributed by atoms with van der Waals surface area (Å²) in [6.45, 7) is 0. The highest BCUT2D eigenvalue weighted by molar-refractivity contribution is 7.92. The fourth-order valence-corrected chi connectivity index (χ4v) is 1.82. The SMILES string of the molecule is CS(=O)(=O)[C@@H](Cl)[C@@H](O)c1ccc(F)cc1. The fourth-order valence-electron chi connectivity index (χ4n) is 1.05. The quantitative estimate of drug-likeness (QED) is 0.829. The molecule has 3 nitrogen and oxygen atoms in total. The molecule has 0 aliphatic rings. The third kappa shape index (κ3) is 3.15. The molecule has 0 aliphatic heterocycles. The first-order valence-corrected chi connectivity index (χ1v) is 6.48. The summed E-state index contributed by atoms with van der Waals surface area (Å²) >= 11 is 5.55. The molecule has 1 rings (SSSR count). The van der Waals surface area contributed by atoms with Crippen LogP contribution in [-0.2, 0) is 9.84 Å². The lowest BCUT2D eigenvalue weighted by Crippen LogP contribution is -2.21. The maximum atomic E-state index is 12.6. The average Bonchev–Trinajstić information content (AvgIpc) is 2.15. The molecular formula is C9H10ClFO3S. The van der Waals surface area contributed by atoms with Gasteiger partial charge in [-0.3, -0.25) is 0 Å². The zero-order valence-electron chi connectivity index (χ0n) is 7.89. The molecule has 15 heavy (non-hydrogen) atoms. The number of hydrogen-bond acceptors (Lipinski definition) is 3. The van der Waals surface area contributed by atoms with Crippen molar-refractivity contribution >= 4 is 21.4 Å². The van der Waals surface area contributed by atoms with E-state index in [1.807, 2.05) is 0 Å². The molecule has 1 aromatic rings. The molecule has 6 heteroatoms. The second-order valence-corrected chi connectivity index (χ2v) is 6.07. The van der Waals surface area contributed by atoms with Crippen molar-refractivity contribution in [1.82, 2.24) is 0 Å². The molecule has 0 spiro atoms. The largest absolute Gasteiger partial charge is 0.386 e. The molecule has 0 aromatic heterocycles. The Morgan fingerprint density at radius 1 is 1.33 bits per heavy atom. The first-order valence-electron chi connectivity index (χ1n) is 4.09. The Labute approximate surface area is 92.4 Å². The van der Waals surface area contributed by atoms with Crippen molar-refractivity contribution in [3.05, 3.63) is 35.6 Å². The number of rotatable bonds is 3. The summed E-state index contributed by atoms with van der Waals surface area (Å²) in [5.41, 5.74) is 0.266. The molecule has 0 bridgehead atoms. The van der Waals surface area contributed by atoms with Crippen molar-refractivity contribution in [3.63, 3.8) is 0 Å². The molecular weight excluding hydrogens is 243 g/mol. The number of sulfone groups is 1. The minimum Gasteiger partial charge on any atom is -0.386 e. The van der Waals surface area contributed by atoms with Crippen LogP contribution in [0, 0.1) is 5.82 Å². The minimum absolute atomic E-state index is 0.266. The number of alkyl halides is 1. The van der Waals surface area contributed by atoms with E-state index >= 15 is 0 Å². The molecule has 0 fully saturated rings. The summed E-state index contributed by atoms with van der Waals surface area (Å²) in [5.74, 6) is -0.462. The van der Waals surface area contributed by atoms with Crippen LogP contribution in [0.5, 0.6) is 0 Å². The topological polar surface area (TPSA) is 54.4 Å². The zero-order valence-corrected chi connectivity index (χ0v) is 9.46. The van der Waals surface area contributed by atoms with E-state index in [1.54, 1.807) is 0 Å². The van der Waals surface area contributed by atoms with Crippen LogP contribution in [0.4, 0.5) is 4.39 Å². The maximum Gasteiger partial charge on any atom is 0.167 e. The third-order valence-electron chi connectivity index (χ3n) is 1.87. The summed E-state index contributed by atoms with van der Waals surface area (Å²) in [4.78, 5) is 0. The summed E-state index contributed by atoms with van der Waals surface area (Å²) in [6, 6.07) is 4.84. The smallest absolute Gasteiger partial charge is 0.167 e. The van der Waals surface area contributed by atoms with E-state index in [2.05, 4.69) is 0 Å². The van der Waals surface area contributed by atoms with Gasteiger partial charge in [-0.1, -0.05) is 12.1 Å². The molecule has 0 amide bonds. The van der Waals surface area contributed by atoms with Gasteiger partial charge in [0.1, 0.15) is 11.9 Å². The Bertz CT molecular complexity index is 429. The standard InChI is InChI=1S/C9H10ClFO3S/c1-15(13,14)9(10)8(12)6-2-4-7(11)5-3-6/h2-5,8-9,12H,1H3/t8-,9+/m0/s1. The highest BCUT2D eigenvalue weighted by Gasteiger charge is 2.27. The Hall–Kier alpha value is -0.650. The van der Waals surface area contributed by atoms with Crippen LogP contribution in [0.15, 0.2) is 24.3 Å². The van der Waals surface area contributed by atoms with Gasteiger partial charge in [0.25, 0.3) is 0 Å². The van der Waals surface area contributed by atoms with E-state index < -0.39 is 26.5 Å². The van der Waals surface area contributed by atoms with Crippen molar-refractivity contribution in [3.8, 4) is 0 Å². The van der Waals surface area contributed by atoms with Crippen LogP contribution in [0.1, 0.15) is 11.7 Å². The number of benzene rings is 1. The van der Waals surface area contributed by atoms with E-state index in [4.69, 9.17) is 11.6 Å². The summed E-state index contributed by atoms with van der Waals surface area (Å²) in [5, 5.41) is 9.58. The first-order chi connectivity index (χ1) is 6.82. The highest BCUT2D eigenvalue weighted by Crippen LogP contribution is 2.24. The van der Waals surface area contributed by atoms with E-state index in [1.165, 1.54) is 12.1 Å². The number of aliphatic hydroxyl groups is 1. The number of halogens is 2. The Morgan fingerprint density at radius 3 is 2.20 bits per heavy atom. The van der Waals surface area contributed by atoms with Gasteiger partial charge in [0, 0.05) is 6.26 Å². The van der Waals surface area contributed by atoms with E-state index in [0.717, 1.165) is 18.4 Å². The second kappa shape index (κ2) is 4.47. The lowest BCUT2D eigenvalue weighted by atomic mass is 10.1. The second-order valence-electron chi connectivity index (χ2n) is 3.18. The van der Waals surface area contributed by atoms with Crippen LogP contribution in [0.3, 0.4) is 0 Å². The average molecular weight is 253 g/mol. The van der Waals surface area contributed by atoms with Gasteiger partial charge in [0.15, 0.2) is 14.5 Å². The van der Waals surface area contributed by atoms with Gasteiger partial charge in [-0.2, -0.15) is 0 Å². The molecule has 0 saturated heterocycles. The van der Waals surface area contributed by atoms with Crippen LogP contribution in [0.25, 0.3) is 0 Å². The van der Waals surface area contributed by atoms with E-state index in [-0.39, 0.29) is 5.56 Å². The Kier molecular flexibility index (Phi) is 3.70. The van der Waals surface area contributed by atoms with Gasteiger partial charge in [0.2, 0.25) is 0 Å².